The van der Waals surface area contributed by atoms with Crippen LogP contribution in [0.5, 0.6) is 0 Å². The van der Waals surface area contributed by atoms with Gasteiger partial charge in [0, 0.05) is 27.5 Å². The van der Waals surface area contributed by atoms with Crippen molar-refractivity contribution in [2.24, 2.45) is 4.99 Å². The molecule has 0 bridgehead atoms. The Bertz CT molecular complexity index is 597. The van der Waals surface area contributed by atoms with Crippen molar-refractivity contribution in [2.75, 3.05) is 12.3 Å². The molecule has 1 N–H and O–H groups in total. The first-order chi connectivity index (χ1) is 9.83. The van der Waals surface area contributed by atoms with Gasteiger partial charge in [0.1, 0.15) is 0 Å². The molecule has 1 unspecified atom stereocenters. The molecule has 2 aromatic rings. The number of nitrogens with one attached hydrogen (secondary N) is 1. The van der Waals surface area contributed by atoms with Crippen molar-refractivity contribution >= 4 is 44.2 Å². The minimum absolute atomic E-state index is 0.246. The fourth-order valence-corrected chi connectivity index (χ4v) is 4.58. The normalized spacial score (nSPS) is 15.9. The van der Waals surface area contributed by atoms with Gasteiger partial charge in [-0.1, -0.05) is 11.8 Å². The van der Waals surface area contributed by atoms with Gasteiger partial charge in [0.2, 0.25) is 0 Å². The fraction of sp³-hybridized carbons (Fsp3) is 0.286. The lowest BCUT2D eigenvalue weighted by Crippen LogP contribution is -2.26. The molecule has 2 aromatic heterocycles. The number of thioether (sulfide) groups is 1. The zero-order chi connectivity index (χ0) is 13.8. The second kappa shape index (κ2) is 6.74. The summed E-state index contributed by atoms with van der Waals surface area (Å²) in [6.45, 7) is 0.917. The summed E-state index contributed by atoms with van der Waals surface area (Å²) in [5.74, 6) is 1.08. The van der Waals surface area contributed by atoms with E-state index in [2.05, 4.69) is 54.8 Å². The number of hydrogen-bond donors (Lipinski definition) is 1. The van der Waals surface area contributed by atoms with Crippen LogP contribution in [0.2, 0.25) is 0 Å². The molecule has 0 aromatic carbocycles. The monoisotopic (exact) mass is 367 g/mol. The van der Waals surface area contributed by atoms with Crippen molar-refractivity contribution in [2.45, 2.75) is 12.5 Å². The molecule has 0 radical (unpaired) electrons. The third-order valence-electron chi connectivity index (χ3n) is 3.03. The fourth-order valence-electron chi connectivity index (χ4n) is 2.09. The summed E-state index contributed by atoms with van der Waals surface area (Å²) < 4.78 is 1.16. The smallest absolute Gasteiger partial charge is 0.157 e. The van der Waals surface area contributed by atoms with E-state index in [-0.39, 0.29) is 6.04 Å². The zero-order valence-electron chi connectivity index (χ0n) is 10.8. The molecule has 3 nitrogen and oxygen atoms in total. The van der Waals surface area contributed by atoms with Crippen LogP contribution in [-0.2, 0) is 6.42 Å². The Labute approximate surface area is 135 Å². The van der Waals surface area contributed by atoms with Gasteiger partial charge in [-0.2, -0.15) is 0 Å². The number of aromatic nitrogens is 1. The number of amidine groups is 1. The molecular weight excluding hydrogens is 354 g/mol. The topological polar surface area (TPSA) is 37.3 Å². The Hall–Kier alpha value is -0.850. The van der Waals surface area contributed by atoms with Gasteiger partial charge in [0.15, 0.2) is 5.17 Å². The SMILES string of the molecule is Brc1ccsc1C(Cc1ccncc1)NC1=NCCS1. The quantitative estimate of drug-likeness (QED) is 0.890. The lowest BCUT2D eigenvalue weighted by Gasteiger charge is -2.19. The average molecular weight is 368 g/mol. The van der Waals surface area contributed by atoms with Crippen molar-refractivity contribution in [1.82, 2.24) is 10.3 Å². The van der Waals surface area contributed by atoms with Crippen LogP contribution in [0.4, 0.5) is 0 Å². The molecule has 1 atom stereocenters. The van der Waals surface area contributed by atoms with E-state index in [0.29, 0.717) is 0 Å². The summed E-state index contributed by atoms with van der Waals surface area (Å²) in [5.41, 5.74) is 1.28. The molecule has 6 heteroatoms. The maximum Gasteiger partial charge on any atom is 0.157 e. The highest BCUT2D eigenvalue weighted by molar-refractivity contribution is 9.10. The molecule has 0 saturated carbocycles. The van der Waals surface area contributed by atoms with Crippen molar-refractivity contribution in [1.29, 1.82) is 0 Å². The van der Waals surface area contributed by atoms with Gasteiger partial charge in [0.05, 0.1) is 12.6 Å². The minimum atomic E-state index is 0.246. The van der Waals surface area contributed by atoms with E-state index >= 15 is 0 Å². The predicted octanol–water partition coefficient (Wildman–Crippen LogP) is 3.88. The number of pyridine rings is 1. The van der Waals surface area contributed by atoms with Gasteiger partial charge in [-0.05, 0) is 51.5 Å². The zero-order valence-corrected chi connectivity index (χ0v) is 14.0. The molecule has 0 amide bonds. The largest absolute Gasteiger partial charge is 0.357 e. The Morgan fingerprint density at radius 1 is 1.30 bits per heavy atom. The Balaban J connectivity index is 1.81. The lowest BCUT2D eigenvalue weighted by molar-refractivity contribution is 0.657. The molecule has 104 valence electrons. The van der Waals surface area contributed by atoms with Crippen molar-refractivity contribution in [3.8, 4) is 0 Å². The second-order valence-corrected chi connectivity index (χ2v) is 7.31. The molecule has 0 saturated heterocycles. The van der Waals surface area contributed by atoms with Crippen LogP contribution in [-0.4, -0.2) is 22.4 Å². The van der Waals surface area contributed by atoms with Crippen molar-refractivity contribution < 1.29 is 0 Å². The number of hydrogen-bond acceptors (Lipinski definition) is 5. The van der Waals surface area contributed by atoms with Gasteiger partial charge >= 0.3 is 0 Å². The van der Waals surface area contributed by atoms with Crippen molar-refractivity contribution in [3.63, 3.8) is 0 Å². The minimum Gasteiger partial charge on any atom is -0.357 e. The first-order valence-corrected chi connectivity index (χ1v) is 9.04. The molecule has 3 heterocycles. The number of thiophene rings is 1. The molecule has 3 rings (SSSR count). The number of halogens is 1. The molecule has 1 aliphatic heterocycles. The first kappa shape index (κ1) is 14.1. The standard InChI is InChI=1S/C14H14BrN3S2/c15-11-3-7-19-13(11)12(18-14-17-6-8-20-14)9-10-1-4-16-5-2-10/h1-5,7,12H,6,8-9H2,(H,17,18). The van der Waals surface area contributed by atoms with E-state index in [1.165, 1.54) is 10.4 Å². The number of rotatable bonds is 4. The summed E-state index contributed by atoms with van der Waals surface area (Å²) in [7, 11) is 0. The Kier molecular flexibility index (Phi) is 4.75. The molecule has 20 heavy (non-hydrogen) atoms. The Morgan fingerprint density at radius 2 is 2.15 bits per heavy atom. The van der Waals surface area contributed by atoms with E-state index in [9.17, 15) is 0 Å². The third-order valence-corrected chi connectivity index (χ3v) is 5.93. The second-order valence-electron chi connectivity index (χ2n) is 4.42. The molecular formula is C14H14BrN3S2. The van der Waals surface area contributed by atoms with E-state index in [1.807, 2.05) is 12.4 Å². The highest BCUT2D eigenvalue weighted by Crippen LogP contribution is 2.32. The number of aliphatic imine (C=N–C) groups is 1. The van der Waals surface area contributed by atoms with E-state index in [4.69, 9.17) is 0 Å². The maximum atomic E-state index is 4.50. The summed E-state index contributed by atoms with van der Waals surface area (Å²) >= 11 is 7.21. The van der Waals surface area contributed by atoms with E-state index in [0.717, 1.165) is 28.4 Å². The highest BCUT2D eigenvalue weighted by atomic mass is 79.9. The van der Waals surface area contributed by atoms with Gasteiger partial charge in [-0.15, -0.1) is 11.3 Å². The van der Waals surface area contributed by atoms with Crippen LogP contribution < -0.4 is 5.32 Å². The molecule has 1 aliphatic rings. The van der Waals surface area contributed by atoms with Crippen LogP contribution >= 0.6 is 39.0 Å². The molecule has 0 spiro atoms. The summed E-state index contributed by atoms with van der Waals surface area (Å²) in [6.07, 6.45) is 4.62. The van der Waals surface area contributed by atoms with Gasteiger partial charge in [-0.3, -0.25) is 9.98 Å². The summed E-state index contributed by atoms with van der Waals surface area (Å²) in [6, 6.07) is 6.49. The molecule has 0 aliphatic carbocycles. The van der Waals surface area contributed by atoms with Crippen molar-refractivity contribution in [3.05, 3.63) is 50.9 Å². The van der Waals surface area contributed by atoms with Crippen LogP contribution in [0.15, 0.2) is 45.4 Å². The van der Waals surface area contributed by atoms with Crippen LogP contribution in [0, 0.1) is 0 Å². The first-order valence-electron chi connectivity index (χ1n) is 6.38. The van der Waals surface area contributed by atoms with E-state index in [1.54, 1.807) is 23.1 Å². The maximum absolute atomic E-state index is 4.50. The number of nitrogens with zero attached hydrogens (tertiary/aromatic N) is 2. The van der Waals surface area contributed by atoms with Crippen LogP contribution in [0.1, 0.15) is 16.5 Å². The third kappa shape index (κ3) is 3.42. The summed E-state index contributed by atoms with van der Waals surface area (Å²) in [4.78, 5) is 9.90. The van der Waals surface area contributed by atoms with Gasteiger partial charge in [-0.25, -0.2) is 0 Å². The van der Waals surface area contributed by atoms with Gasteiger partial charge in [0.25, 0.3) is 0 Å². The lowest BCUT2D eigenvalue weighted by atomic mass is 10.1. The molecule has 0 fully saturated rings. The summed E-state index contributed by atoms with van der Waals surface area (Å²) in [5, 5.41) is 6.76. The Morgan fingerprint density at radius 3 is 2.80 bits per heavy atom. The predicted molar refractivity (Wildman–Crippen MR) is 90.6 cm³/mol. The van der Waals surface area contributed by atoms with Crippen LogP contribution in [0.25, 0.3) is 0 Å². The van der Waals surface area contributed by atoms with Gasteiger partial charge < -0.3 is 5.32 Å². The van der Waals surface area contributed by atoms with E-state index < -0.39 is 0 Å². The average Bonchev–Trinajstić information content (AvgIpc) is 3.11. The highest BCUT2D eigenvalue weighted by Gasteiger charge is 2.19. The van der Waals surface area contributed by atoms with Crippen LogP contribution in [0.3, 0.4) is 0 Å².